The van der Waals surface area contributed by atoms with Gasteiger partial charge in [0.2, 0.25) is 11.6 Å². The van der Waals surface area contributed by atoms with E-state index in [2.05, 4.69) is 32.1 Å². The van der Waals surface area contributed by atoms with Crippen LogP contribution in [0.2, 0.25) is 0 Å². The van der Waals surface area contributed by atoms with Crippen LogP contribution in [0.4, 0.5) is 0 Å². The minimum absolute atomic E-state index is 0.0454. The molecule has 3 aromatic heterocycles. The molecule has 0 bridgehead atoms. The molecule has 0 fully saturated rings. The van der Waals surface area contributed by atoms with Crippen LogP contribution in [0.15, 0.2) is 64.0 Å². The van der Waals surface area contributed by atoms with Crippen LogP contribution in [-0.4, -0.2) is 29.9 Å². The zero-order valence-electron chi connectivity index (χ0n) is 17.0. The predicted octanol–water partition coefficient (Wildman–Crippen LogP) is 4.16. The number of carbonyl (C=O) groups is 1. The van der Waals surface area contributed by atoms with E-state index in [4.69, 9.17) is 4.98 Å². The molecule has 0 aliphatic heterocycles. The van der Waals surface area contributed by atoms with Crippen molar-refractivity contribution in [2.24, 2.45) is 0 Å². The van der Waals surface area contributed by atoms with Crippen LogP contribution < -0.4 is 5.56 Å². The molecule has 0 unspecified atom stereocenters. The van der Waals surface area contributed by atoms with Gasteiger partial charge in [-0.05, 0) is 53.8 Å². The van der Waals surface area contributed by atoms with Gasteiger partial charge in [0, 0.05) is 23.2 Å². The smallest absolute Gasteiger partial charge is 0.271 e. The summed E-state index contributed by atoms with van der Waals surface area (Å²) in [6.07, 6.45) is 3.51. The Bertz CT molecular complexity index is 1630. The number of aromatic nitrogens is 5. The Kier molecular flexibility index (Phi) is 4.13. The first-order valence-electron chi connectivity index (χ1n) is 10.2. The summed E-state index contributed by atoms with van der Waals surface area (Å²) < 4.78 is 3.73. The minimum Gasteiger partial charge on any atom is -0.291 e. The van der Waals surface area contributed by atoms with Gasteiger partial charge in [-0.1, -0.05) is 40.2 Å². The Morgan fingerprint density at radius 2 is 1.78 bits per heavy atom. The molecule has 1 aliphatic carbocycles. The molecule has 32 heavy (non-hydrogen) atoms. The first-order valence-corrected chi connectivity index (χ1v) is 11.0. The molecule has 5 aromatic rings. The van der Waals surface area contributed by atoms with E-state index in [0.717, 1.165) is 34.0 Å². The summed E-state index contributed by atoms with van der Waals surface area (Å²) in [6, 6.07) is 15.5. The highest BCUT2D eigenvalue weighted by atomic mass is 79.9. The SMILES string of the molecule is CC(=O)c1nn(-c2ccc(Br)cc2)c2nc3ncc4c(c3c(=O)n12)-c1ccccc1CC4. The van der Waals surface area contributed by atoms with Crippen molar-refractivity contribution < 1.29 is 4.79 Å². The maximum absolute atomic E-state index is 13.9. The molecule has 156 valence electrons. The number of aryl methyl sites for hydroxylation is 2. The summed E-state index contributed by atoms with van der Waals surface area (Å²) in [6.45, 7) is 1.40. The average molecular weight is 486 g/mol. The number of halogens is 1. The summed E-state index contributed by atoms with van der Waals surface area (Å²) in [5.74, 6) is -0.0112. The number of benzene rings is 2. The fourth-order valence-corrected chi connectivity index (χ4v) is 4.69. The van der Waals surface area contributed by atoms with Crippen molar-refractivity contribution in [2.45, 2.75) is 19.8 Å². The standard InChI is InChI=1S/C24H16BrN5O2/c1-13(31)22-28-30(17-10-8-16(25)9-11-17)24-27-21-20(23(32)29(22)24)19-15(12-26-21)7-6-14-4-2-3-5-18(14)19/h2-5,8-12H,6-7H2,1H3. The number of carbonyl (C=O) groups excluding carboxylic acids is 1. The Morgan fingerprint density at radius 3 is 2.56 bits per heavy atom. The van der Waals surface area contributed by atoms with E-state index in [9.17, 15) is 9.59 Å². The molecule has 2 aromatic carbocycles. The van der Waals surface area contributed by atoms with Gasteiger partial charge in [0.15, 0.2) is 11.4 Å². The molecule has 0 N–H and O–H groups in total. The van der Waals surface area contributed by atoms with Gasteiger partial charge in [-0.15, -0.1) is 5.10 Å². The number of nitrogens with zero attached hydrogens (tertiary/aromatic N) is 5. The van der Waals surface area contributed by atoms with Crippen molar-refractivity contribution in [3.05, 3.63) is 86.5 Å². The van der Waals surface area contributed by atoms with Crippen LogP contribution in [0.25, 0.3) is 33.6 Å². The van der Waals surface area contributed by atoms with Gasteiger partial charge in [0.1, 0.15) is 0 Å². The third-order valence-corrected chi connectivity index (χ3v) is 6.42. The number of ketones is 1. The van der Waals surface area contributed by atoms with Gasteiger partial charge < -0.3 is 0 Å². The highest BCUT2D eigenvalue weighted by molar-refractivity contribution is 9.10. The van der Waals surface area contributed by atoms with Crippen LogP contribution in [0.1, 0.15) is 28.7 Å². The van der Waals surface area contributed by atoms with Gasteiger partial charge in [-0.25, -0.2) is 9.38 Å². The Hall–Kier alpha value is -3.65. The monoisotopic (exact) mass is 485 g/mol. The second-order valence-electron chi connectivity index (χ2n) is 7.83. The number of rotatable bonds is 2. The molecule has 0 atom stereocenters. The van der Waals surface area contributed by atoms with Crippen molar-refractivity contribution in [3.8, 4) is 16.8 Å². The molecule has 0 radical (unpaired) electrons. The van der Waals surface area contributed by atoms with Crippen LogP contribution in [0.5, 0.6) is 0 Å². The maximum atomic E-state index is 13.9. The lowest BCUT2D eigenvalue weighted by Crippen LogP contribution is -2.21. The van der Waals surface area contributed by atoms with Crippen molar-refractivity contribution >= 4 is 38.5 Å². The van der Waals surface area contributed by atoms with Crippen molar-refractivity contribution in [2.75, 3.05) is 0 Å². The van der Waals surface area contributed by atoms with Gasteiger partial charge in [-0.3, -0.25) is 9.59 Å². The fraction of sp³-hybridized carbons (Fsp3) is 0.125. The average Bonchev–Trinajstić information content (AvgIpc) is 3.19. The number of hydrogen-bond donors (Lipinski definition) is 0. The van der Waals surface area contributed by atoms with Crippen molar-refractivity contribution in [3.63, 3.8) is 0 Å². The fourth-order valence-electron chi connectivity index (χ4n) is 4.42. The Morgan fingerprint density at radius 1 is 1.03 bits per heavy atom. The Labute approximate surface area is 190 Å². The maximum Gasteiger partial charge on any atom is 0.271 e. The van der Waals surface area contributed by atoms with E-state index >= 15 is 0 Å². The first kappa shape index (κ1) is 19.1. The van der Waals surface area contributed by atoms with Gasteiger partial charge in [0.25, 0.3) is 5.56 Å². The lowest BCUT2D eigenvalue weighted by molar-refractivity contribution is 0.100. The summed E-state index contributed by atoms with van der Waals surface area (Å²) in [4.78, 5) is 35.5. The summed E-state index contributed by atoms with van der Waals surface area (Å²) in [7, 11) is 0. The summed E-state index contributed by atoms with van der Waals surface area (Å²) in [5, 5.41) is 4.87. The Balaban J connectivity index is 1.76. The molecule has 6 rings (SSSR count). The van der Waals surface area contributed by atoms with Crippen molar-refractivity contribution in [1.29, 1.82) is 0 Å². The molecular formula is C24H16BrN5O2. The van der Waals surface area contributed by atoms with Crippen molar-refractivity contribution in [1.82, 2.24) is 24.1 Å². The number of hydrogen-bond acceptors (Lipinski definition) is 5. The van der Waals surface area contributed by atoms with Gasteiger partial charge >= 0.3 is 0 Å². The summed E-state index contributed by atoms with van der Waals surface area (Å²) in [5.41, 5.74) is 4.78. The number of Topliss-reactive ketones (excluding diaryl/α,β-unsaturated/α-hetero) is 1. The lowest BCUT2D eigenvalue weighted by Gasteiger charge is -2.20. The highest BCUT2D eigenvalue weighted by Gasteiger charge is 2.25. The van der Waals surface area contributed by atoms with Gasteiger partial charge in [-0.2, -0.15) is 9.67 Å². The van der Waals surface area contributed by atoms with E-state index in [1.807, 2.05) is 48.7 Å². The second kappa shape index (κ2) is 6.93. The van der Waals surface area contributed by atoms with Crippen LogP contribution >= 0.6 is 15.9 Å². The molecule has 1 aliphatic rings. The van der Waals surface area contributed by atoms with Crippen LogP contribution in [0.3, 0.4) is 0 Å². The normalized spacial score (nSPS) is 12.7. The molecular weight excluding hydrogens is 470 g/mol. The molecule has 8 heteroatoms. The van der Waals surface area contributed by atoms with E-state index < -0.39 is 0 Å². The third kappa shape index (κ3) is 2.69. The predicted molar refractivity (Wildman–Crippen MR) is 124 cm³/mol. The van der Waals surface area contributed by atoms with Gasteiger partial charge in [0.05, 0.1) is 11.1 Å². The van der Waals surface area contributed by atoms with E-state index in [0.29, 0.717) is 16.7 Å². The molecule has 3 heterocycles. The third-order valence-electron chi connectivity index (χ3n) is 5.89. The number of fused-ring (bicyclic) bond motifs is 6. The zero-order valence-corrected chi connectivity index (χ0v) is 18.6. The van der Waals surface area contributed by atoms with Crippen LogP contribution in [-0.2, 0) is 12.8 Å². The first-order chi connectivity index (χ1) is 15.5. The quantitative estimate of drug-likeness (QED) is 0.350. The van der Waals surface area contributed by atoms with E-state index in [1.165, 1.54) is 21.6 Å². The topological polar surface area (TPSA) is 82.2 Å². The second-order valence-corrected chi connectivity index (χ2v) is 8.75. The number of pyridine rings is 1. The molecule has 0 amide bonds. The zero-order chi connectivity index (χ0) is 22.0. The molecule has 0 spiro atoms. The molecule has 7 nitrogen and oxygen atoms in total. The van der Waals surface area contributed by atoms with Crippen LogP contribution in [0, 0.1) is 0 Å². The molecule has 0 saturated heterocycles. The minimum atomic E-state index is -0.334. The highest BCUT2D eigenvalue weighted by Crippen LogP contribution is 2.36. The lowest BCUT2D eigenvalue weighted by atomic mass is 9.85. The van der Waals surface area contributed by atoms with E-state index in [1.54, 1.807) is 0 Å². The van der Waals surface area contributed by atoms with E-state index in [-0.39, 0.29) is 22.9 Å². The largest absolute Gasteiger partial charge is 0.291 e. The molecule has 0 saturated carbocycles. The summed E-state index contributed by atoms with van der Waals surface area (Å²) >= 11 is 3.42.